The predicted molar refractivity (Wildman–Crippen MR) is 60.9 cm³/mol. The van der Waals surface area contributed by atoms with Gasteiger partial charge in [-0.25, -0.2) is 8.78 Å². The summed E-state index contributed by atoms with van der Waals surface area (Å²) in [6, 6.07) is 8.70. The molecule has 2 N–H and O–H groups in total. The molecule has 0 aliphatic carbocycles. The molecule has 0 unspecified atom stereocenters. The van der Waals surface area contributed by atoms with E-state index in [-0.39, 0.29) is 11.1 Å². The van der Waals surface area contributed by atoms with Crippen LogP contribution in [0.3, 0.4) is 0 Å². The Kier molecular flexibility index (Phi) is 2.60. The molecule has 0 saturated carbocycles. The van der Waals surface area contributed by atoms with Crippen molar-refractivity contribution >= 4 is 5.69 Å². The van der Waals surface area contributed by atoms with Gasteiger partial charge >= 0.3 is 0 Å². The lowest BCUT2D eigenvalue weighted by Gasteiger charge is -2.07. The molecular formula is C13H11F2N. The van der Waals surface area contributed by atoms with E-state index in [9.17, 15) is 8.78 Å². The number of nitrogens with two attached hydrogens (primary N) is 1. The van der Waals surface area contributed by atoms with Crippen LogP contribution < -0.4 is 5.73 Å². The zero-order chi connectivity index (χ0) is 11.7. The summed E-state index contributed by atoms with van der Waals surface area (Å²) in [7, 11) is 0. The Morgan fingerprint density at radius 1 is 0.875 bits per heavy atom. The van der Waals surface area contributed by atoms with Gasteiger partial charge in [0.05, 0.1) is 0 Å². The summed E-state index contributed by atoms with van der Waals surface area (Å²) in [4.78, 5) is 0. The molecule has 0 atom stereocenters. The van der Waals surface area contributed by atoms with E-state index in [1.165, 1.54) is 24.3 Å². The predicted octanol–water partition coefficient (Wildman–Crippen LogP) is 3.52. The average molecular weight is 219 g/mol. The van der Waals surface area contributed by atoms with Crippen LogP contribution in [0, 0.1) is 18.6 Å². The number of anilines is 1. The molecule has 0 bridgehead atoms. The second kappa shape index (κ2) is 3.93. The van der Waals surface area contributed by atoms with Crippen molar-refractivity contribution in [3.05, 3.63) is 53.6 Å². The lowest BCUT2D eigenvalue weighted by Crippen LogP contribution is -1.92. The molecule has 0 aromatic heterocycles. The molecule has 0 fully saturated rings. The highest BCUT2D eigenvalue weighted by Crippen LogP contribution is 2.28. The monoisotopic (exact) mass is 219 g/mol. The molecule has 0 amide bonds. The maximum Gasteiger partial charge on any atom is 0.131 e. The minimum atomic E-state index is -0.473. The number of nitrogen functional groups attached to an aromatic ring is 1. The molecule has 0 aliphatic rings. The highest BCUT2D eigenvalue weighted by molar-refractivity contribution is 5.69. The Balaban J connectivity index is 2.66. The molecule has 2 rings (SSSR count). The Bertz CT molecular complexity index is 486. The van der Waals surface area contributed by atoms with E-state index in [0.29, 0.717) is 5.69 Å². The van der Waals surface area contributed by atoms with Gasteiger partial charge in [0.1, 0.15) is 11.6 Å². The molecule has 0 radical (unpaired) electrons. The molecule has 0 aliphatic heterocycles. The summed E-state index contributed by atoms with van der Waals surface area (Å²) in [6.07, 6.45) is 0. The molecule has 82 valence electrons. The van der Waals surface area contributed by atoms with E-state index in [1.54, 1.807) is 12.1 Å². The van der Waals surface area contributed by atoms with Gasteiger partial charge in [0.2, 0.25) is 0 Å². The summed E-state index contributed by atoms with van der Waals surface area (Å²) in [5, 5.41) is 0. The first-order valence-corrected chi connectivity index (χ1v) is 4.89. The highest BCUT2D eigenvalue weighted by atomic mass is 19.1. The number of hydrogen-bond donors (Lipinski definition) is 1. The van der Waals surface area contributed by atoms with Crippen molar-refractivity contribution in [1.82, 2.24) is 0 Å². The van der Waals surface area contributed by atoms with Gasteiger partial charge in [0.15, 0.2) is 0 Å². The quantitative estimate of drug-likeness (QED) is 0.729. The number of halogens is 2. The van der Waals surface area contributed by atoms with E-state index < -0.39 is 11.6 Å². The van der Waals surface area contributed by atoms with Crippen LogP contribution in [0.1, 0.15) is 5.56 Å². The number of benzene rings is 2. The minimum absolute atomic E-state index is 0.196. The number of aryl methyl sites for hydroxylation is 1. The maximum atomic E-state index is 13.6. The molecule has 16 heavy (non-hydrogen) atoms. The van der Waals surface area contributed by atoms with Gasteiger partial charge in [0, 0.05) is 16.8 Å². The normalized spacial score (nSPS) is 10.4. The molecule has 2 aromatic carbocycles. The van der Waals surface area contributed by atoms with Crippen LogP contribution in [0.2, 0.25) is 0 Å². The highest BCUT2D eigenvalue weighted by Gasteiger charge is 2.10. The third-order valence-electron chi connectivity index (χ3n) is 2.40. The molecule has 1 nitrogen and oxygen atoms in total. The largest absolute Gasteiger partial charge is 0.399 e. The van der Waals surface area contributed by atoms with Crippen molar-refractivity contribution in [2.45, 2.75) is 6.92 Å². The summed E-state index contributed by atoms with van der Waals surface area (Å²) < 4.78 is 27.1. The van der Waals surface area contributed by atoms with Gasteiger partial charge in [-0.15, -0.1) is 0 Å². The van der Waals surface area contributed by atoms with Crippen molar-refractivity contribution in [2.24, 2.45) is 0 Å². The number of hydrogen-bond acceptors (Lipinski definition) is 1. The van der Waals surface area contributed by atoms with Crippen molar-refractivity contribution in [3.8, 4) is 11.1 Å². The van der Waals surface area contributed by atoms with Crippen LogP contribution in [0.4, 0.5) is 14.5 Å². The lowest BCUT2D eigenvalue weighted by atomic mass is 10.0. The first kappa shape index (κ1) is 10.6. The Hall–Kier alpha value is -1.90. The summed E-state index contributed by atoms with van der Waals surface area (Å²) in [5.74, 6) is -0.922. The molecule has 0 heterocycles. The standard InChI is InChI=1S/C13H11F2N/c1-8-2-4-12(14)10(6-8)11-7-9(16)3-5-13(11)15/h2-7H,16H2,1H3. The average Bonchev–Trinajstić information content (AvgIpc) is 2.25. The fourth-order valence-corrected chi connectivity index (χ4v) is 1.59. The van der Waals surface area contributed by atoms with Crippen LogP contribution in [-0.4, -0.2) is 0 Å². The fraction of sp³-hybridized carbons (Fsp3) is 0.0769. The lowest BCUT2D eigenvalue weighted by molar-refractivity contribution is 0.616. The van der Waals surface area contributed by atoms with Crippen molar-refractivity contribution in [2.75, 3.05) is 5.73 Å². The van der Waals surface area contributed by atoms with Crippen molar-refractivity contribution in [1.29, 1.82) is 0 Å². The third-order valence-corrected chi connectivity index (χ3v) is 2.40. The maximum absolute atomic E-state index is 13.6. The summed E-state index contributed by atoms with van der Waals surface area (Å²) >= 11 is 0. The Labute approximate surface area is 92.5 Å². The number of rotatable bonds is 1. The van der Waals surface area contributed by atoms with Crippen molar-refractivity contribution < 1.29 is 8.78 Å². The van der Waals surface area contributed by atoms with E-state index >= 15 is 0 Å². The Morgan fingerprint density at radius 2 is 1.44 bits per heavy atom. The third kappa shape index (κ3) is 1.89. The van der Waals surface area contributed by atoms with Crippen molar-refractivity contribution in [3.63, 3.8) is 0 Å². The van der Waals surface area contributed by atoms with Gasteiger partial charge < -0.3 is 5.73 Å². The molecule has 0 spiro atoms. The van der Waals surface area contributed by atoms with E-state index in [4.69, 9.17) is 5.73 Å². The van der Waals surface area contributed by atoms with Crippen LogP contribution in [0.5, 0.6) is 0 Å². The van der Waals surface area contributed by atoms with Crippen LogP contribution in [0.15, 0.2) is 36.4 Å². The zero-order valence-electron chi connectivity index (χ0n) is 8.80. The minimum Gasteiger partial charge on any atom is -0.399 e. The van der Waals surface area contributed by atoms with Gasteiger partial charge in [-0.1, -0.05) is 11.6 Å². The first-order chi connectivity index (χ1) is 7.58. The van der Waals surface area contributed by atoms with E-state index in [0.717, 1.165) is 5.56 Å². The SMILES string of the molecule is Cc1ccc(F)c(-c2cc(N)ccc2F)c1. The van der Waals surface area contributed by atoms with Crippen LogP contribution in [0.25, 0.3) is 11.1 Å². The molecule has 2 aromatic rings. The van der Waals surface area contributed by atoms with E-state index in [2.05, 4.69) is 0 Å². The molecule has 3 heteroatoms. The zero-order valence-corrected chi connectivity index (χ0v) is 8.80. The second-order valence-electron chi connectivity index (χ2n) is 3.72. The van der Waals surface area contributed by atoms with E-state index in [1.807, 2.05) is 6.92 Å². The molecule has 0 saturated heterocycles. The summed E-state index contributed by atoms with van der Waals surface area (Å²) in [6.45, 7) is 1.83. The van der Waals surface area contributed by atoms with Gasteiger partial charge in [-0.3, -0.25) is 0 Å². The van der Waals surface area contributed by atoms with Gasteiger partial charge in [-0.2, -0.15) is 0 Å². The second-order valence-corrected chi connectivity index (χ2v) is 3.72. The van der Waals surface area contributed by atoms with Gasteiger partial charge in [0.25, 0.3) is 0 Å². The Morgan fingerprint density at radius 3 is 2.12 bits per heavy atom. The summed E-state index contributed by atoms with van der Waals surface area (Å²) in [5.41, 5.74) is 7.29. The van der Waals surface area contributed by atoms with Crippen LogP contribution >= 0.6 is 0 Å². The van der Waals surface area contributed by atoms with Gasteiger partial charge in [-0.05, 0) is 37.3 Å². The topological polar surface area (TPSA) is 26.0 Å². The van der Waals surface area contributed by atoms with Crippen LogP contribution in [-0.2, 0) is 0 Å². The molecular weight excluding hydrogens is 208 g/mol. The smallest absolute Gasteiger partial charge is 0.131 e. The first-order valence-electron chi connectivity index (χ1n) is 4.89. The fourth-order valence-electron chi connectivity index (χ4n) is 1.59.